The van der Waals surface area contributed by atoms with E-state index in [2.05, 4.69) is 20.4 Å². The zero-order chi connectivity index (χ0) is 22.0. The Balaban J connectivity index is 1.68. The van der Waals surface area contributed by atoms with Crippen molar-refractivity contribution in [3.05, 3.63) is 77.1 Å². The molecular formula is C23H23N5O2S. The van der Waals surface area contributed by atoms with Gasteiger partial charge in [0.1, 0.15) is 11.0 Å². The highest BCUT2D eigenvalue weighted by atomic mass is 32.2. The number of amides is 1. The molecule has 4 aromatic rings. The SMILES string of the molecule is COc1ccc(C)cc1NC(=O)C(Sc1nc2nc(C)cc(C)n2n1)c1ccccc1. The van der Waals surface area contributed by atoms with Crippen LogP contribution in [0.15, 0.2) is 59.8 Å². The molecule has 0 aliphatic carbocycles. The third kappa shape index (κ3) is 4.54. The Labute approximate surface area is 184 Å². The lowest BCUT2D eigenvalue weighted by Crippen LogP contribution is -2.19. The lowest BCUT2D eigenvalue weighted by atomic mass is 10.1. The summed E-state index contributed by atoms with van der Waals surface area (Å²) in [6, 6.07) is 17.2. The summed E-state index contributed by atoms with van der Waals surface area (Å²) in [5.41, 5.74) is 4.32. The molecule has 31 heavy (non-hydrogen) atoms. The number of carbonyl (C=O) groups is 1. The lowest BCUT2D eigenvalue weighted by molar-refractivity contribution is -0.115. The Bertz CT molecular complexity index is 1240. The molecule has 2 heterocycles. The summed E-state index contributed by atoms with van der Waals surface area (Å²) in [6.07, 6.45) is 0. The van der Waals surface area contributed by atoms with Gasteiger partial charge in [0.05, 0.1) is 12.8 Å². The monoisotopic (exact) mass is 433 g/mol. The smallest absolute Gasteiger partial charge is 0.253 e. The minimum atomic E-state index is -0.551. The largest absolute Gasteiger partial charge is 0.495 e. The molecule has 1 amide bonds. The average molecular weight is 434 g/mol. The van der Waals surface area contributed by atoms with Gasteiger partial charge in [-0.2, -0.15) is 4.98 Å². The molecule has 2 aromatic carbocycles. The van der Waals surface area contributed by atoms with E-state index in [-0.39, 0.29) is 5.91 Å². The van der Waals surface area contributed by atoms with Gasteiger partial charge in [-0.15, -0.1) is 5.10 Å². The topological polar surface area (TPSA) is 81.4 Å². The number of rotatable bonds is 6. The Hall–Kier alpha value is -3.39. The molecule has 0 saturated carbocycles. The molecule has 0 fully saturated rings. The van der Waals surface area contributed by atoms with Crippen LogP contribution in [-0.4, -0.2) is 32.6 Å². The maximum absolute atomic E-state index is 13.4. The first-order chi connectivity index (χ1) is 14.9. The van der Waals surface area contributed by atoms with Gasteiger partial charge in [-0.3, -0.25) is 4.79 Å². The zero-order valence-electron chi connectivity index (χ0n) is 17.8. The molecule has 4 rings (SSSR count). The number of aromatic nitrogens is 4. The maximum atomic E-state index is 13.4. The quantitative estimate of drug-likeness (QED) is 0.450. The van der Waals surface area contributed by atoms with E-state index in [1.807, 2.05) is 75.4 Å². The van der Waals surface area contributed by atoms with Crippen LogP contribution in [0.4, 0.5) is 5.69 Å². The number of hydrogen-bond acceptors (Lipinski definition) is 6. The molecule has 0 saturated heterocycles. The Kier molecular flexibility index (Phi) is 5.90. The van der Waals surface area contributed by atoms with E-state index in [0.29, 0.717) is 22.4 Å². The maximum Gasteiger partial charge on any atom is 0.253 e. The third-order valence-electron chi connectivity index (χ3n) is 4.78. The van der Waals surface area contributed by atoms with Crippen molar-refractivity contribution >= 4 is 29.1 Å². The fraction of sp³-hybridized carbons (Fsp3) is 0.217. The van der Waals surface area contributed by atoms with Crippen LogP contribution in [0, 0.1) is 20.8 Å². The van der Waals surface area contributed by atoms with Crippen molar-refractivity contribution in [3.8, 4) is 5.75 Å². The summed E-state index contributed by atoms with van der Waals surface area (Å²) in [7, 11) is 1.58. The van der Waals surface area contributed by atoms with E-state index in [1.54, 1.807) is 11.6 Å². The first-order valence-corrected chi connectivity index (χ1v) is 10.7. The van der Waals surface area contributed by atoms with Gasteiger partial charge in [-0.25, -0.2) is 9.50 Å². The number of fused-ring (bicyclic) bond motifs is 1. The van der Waals surface area contributed by atoms with Crippen LogP contribution >= 0.6 is 11.8 Å². The minimum Gasteiger partial charge on any atom is -0.495 e. The van der Waals surface area contributed by atoms with Gasteiger partial charge in [-0.05, 0) is 50.1 Å². The average Bonchev–Trinajstić information content (AvgIpc) is 3.15. The van der Waals surface area contributed by atoms with Crippen molar-refractivity contribution in [2.45, 2.75) is 31.2 Å². The molecule has 1 atom stereocenters. The first-order valence-electron chi connectivity index (χ1n) is 9.82. The number of nitrogens with one attached hydrogen (secondary N) is 1. The predicted molar refractivity (Wildman–Crippen MR) is 122 cm³/mol. The van der Waals surface area contributed by atoms with E-state index in [1.165, 1.54) is 11.8 Å². The van der Waals surface area contributed by atoms with Gasteiger partial charge < -0.3 is 10.1 Å². The summed E-state index contributed by atoms with van der Waals surface area (Å²) >= 11 is 1.29. The number of anilines is 1. The lowest BCUT2D eigenvalue weighted by Gasteiger charge is -2.17. The second-order valence-electron chi connectivity index (χ2n) is 7.25. The summed E-state index contributed by atoms with van der Waals surface area (Å²) < 4.78 is 7.10. The van der Waals surface area contributed by atoms with Crippen LogP contribution in [0.25, 0.3) is 5.78 Å². The number of thioether (sulfide) groups is 1. The Morgan fingerprint density at radius 3 is 2.58 bits per heavy atom. The molecule has 0 aliphatic heterocycles. The molecule has 0 spiro atoms. The van der Waals surface area contributed by atoms with Crippen LogP contribution in [0.2, 0.25) is 0 Å². The van der Waals surface area contributed by atoms with Gasteiger partial charge in [0.25, 0.3) is 5.78 Å². The molecule has 0 bridgehead atoms. The molecule has 2 aromatic heterocycles. The number of methoxy groups -OCH3 is 1. The van der Waals surface area contributed by atoms with Crippen molar-refractivity contribution in [2.24, 2.45) is 0 Å². The molecule has 8 heteroatoms. The van der Waals surface area contributed by atoms with Crippen molar-refractivity contribution in [1.82, 2.24) is 19.6 Å². The van der Waals surface area contributed by atoms with Crippen LogP contribution in [-0.2, 0) is 4.79 Å². The fourth-order valence-corrected chi connectivity index (χ4v) is 4.25. The molecule has 158 valence electrons. The number of carbonyl (C=O) groups excluding carboxylic acids is 1. The van der Waals surface area contributed by atoms with Gasteiger partial charge in [0.15, 0.2) is 0 Å². The molecule has 0 radical (unpaired) electrons. The summed E-state index contributed by atoms with van der Waals surface area (Å²) in [6.45, 7) is 5.84. The van der Waals surface area contributed by atoms with Gasteiger partial charge in [0.2, 0.25) is 11.1 Å². The zero-order valence-corrected chi connectivity index (χ0v) is 18.6. The van der Waals surface area contributed by atoms with Crippen LogP contribution in [0.3, 0.4) is 0 Å². The van der Waals surface area contributed by atoms with Crippen molar-refractivity contribution in [2.75, 3.05) is 12.4 Å². The van der Waals surface area contributed by atoms with Crippen LogP contribution < -0.4 is 10.1 Å². The number of hydrogen-bond donors (Lipinski definition) is 1. The fourth-order valence-electron chi connectivity index (χ4n) is 3.32. The minimum absolute atomic E-state index is 0.181. The number of benzene rings is 2. The highest BCUT2D eigenvalue weighted by Gasteiger charge is 2.25. The van der Waals surface area contributed by atoms with Gasteiger partial charge >= 0.3 is 0 Å². The van der Waals surface area contributed by atoms with Crippen molar-refractivity contribution < 1.29 is 9.53 Å². The predicted octanol–water partition coefficient (Wildman–Crippen LogP) is 4.53. The summed E-state index contributed by atoms with van der Waals surface area (Å²) in [5, 5.41) is 7.51. The first kappa shape index (κ1) is 20.9. The second kappa shape index (κ2) is 8.77. The number of nitrogens with zero attached hydrogens (tertiary/aromatic N) is 4. The third-order valence-corrected chi connectivity index (χ3v) is 5.88. The molecule has 0 aliphatic rings. The standard InChI is InChI=1S/C23H23N5O2S/c1-14-10-11-19(30-4)18(12-14)25-21(29)20(17-8-6-5-7-9-17)31-23-26-22-24-15(2)13-16(3)28(22)27-23/h5-13,20H,1-4H3,(H,25,29). The summed E-state index contributed by atoms with van der Waals surface area (Å²) in [4.78, 5) is 22.3. The highest BCUT2D eigenvalue weighted by Crippen LogP contribution is 2.36. The van der Waals surface area contributed by atoms with E-state index >= 15 is 0 Å². The van der Waals surface area contributed by atoms with Crippen LogP contribution in [0.1, 0.15) is 27.8 Å². The molecular weight excluding hydrogens is 410 g/mol. The second-order valence-corrected chi connectivity index (χ2v) is 8.32. The van der Waals surface area contributed by atoms with E-state index in [9.17, 15) is 4.79 Å². The normalized spacial score (nSPS) is 12.0. The number of ether oxygens (including phenoxy) is 1. The molecule has 1 unspecified atom stereocenters. The molecule has 7 nitrogen and oxygen atoms in total. The van der Waals surface area contributed by atoms with Gasteiger partial charge in [-0.1, -0.05) is 48.2 Å². The number of aryl methyl sites for hydroxylation is 3. The van der Waals surface area contributed by atoms with Crippen molar-refractivity contribution in [3.63, 3.8) is 0 Å². The van der Waals surface area contributed by atoms with E-state index in [4.69, 9.17) is 4.74 Å². The summed E-state index contributed by atoms with van der Waals surface area (Å²) in [5.74, 6) is 0.948. The van der Waals surface area contributed by atoms with Crippen molar-refractivity contribution in [1.29, 1.82) is 0 Å². The van der Waals surface area contributed by atoms with E-state index < -0.39 is 5.25 Å². The molecule has 1 N–H and O–H groups in total. The van der Waals surface area contributed by atoms with E-state index in [0.717, 1.165) is 22.5 Å². The highest BCUT2D eigenvalue weighted by molar-refractivity contribution is 8.00. The Morgan fingerprint density at radius 2 is 1.84 bits per heavy atom. The van der Waals surface area contributed by atoms with Crippen LogP contribution in [0.5, 0.6) is 5.75 Å². The van der Waals surface area contributed by atoms with Gasteiger partial charge in [0, 0.05) is 11.4 Å². The Morgan fingerprint density at radius 1 is 1.06 bits per heavy atom.